The van der Waals surface area contributed by atoms with E-state index < -0.39 is 0 Å². The summed E-state index contributed by atoms with van der Waals surface area (Å²) in [5, 5.41) is 0. The van der Waals surface area contributed by atoms with Gasteiger partial charge < -0.3 is 15.5 Å². The lowest BCUT2D eigenvalue weighted by Gasteiger charge is -2.20. The normalized spacial score (nSPS) is 13.2. The Morgan fingerprint density at radius 2 is 1.67 bits per heavy atom. The molecular formula is C15H27N3. The predicted molar refractivity (Wildman–Crippen MR) is 78.7 cm³/mol. The minimum absolute atomic E-state index is 0.174. The zero-order chi connectivity index (χ0) is 13.4. The van der Waals surface area contributed by atoms with Gasteiger partial charge in [0.15, 0.2) is 0 Å². The van der Waals surface area contributed by atoms with Crippen LogP contribution < -0.4 is 5.73 Å². The van der Waals surface area contributed by atoms with Crippen molar-refractivity contribution in [3.63, 3.8) is 0 Å². The van der Waals surface area contributed by atoms with Crippen molar-refractivity contribution in [2.45, 2.75) is 18.9 Å². The van der Waals surface area contributed by atoms with Crippen molar-refractivity contribution < 1.29 is 0 Å². The fraction of sp³-hybridized carbons (Fsp3) is 0.600. The summed E-state index contributed by atoms with van der Waals surface area (Å²) < 4.78 is 0. The summed E-state index contributed by atoms with van der Waals surface area (Å²) in [6, 6.07) is 10.5. The molecule has 0 aliphatic carbocycles. The van der Waals surface area contributed by atoms with E-state index in [0.717, 1.165) is 32.5 Å². The summed E-state index contributed by atoms with van der Waals surface area (Å²) in [5.41, 5.74) is 7.42. The van der Waals surface area contributed by atoms with Crippen LogP contribution in [0.1, 0.15) is 24.4 Å². The molecule has 1 aromatic rings. The highest BCUT2D eigenvalue weighted by molar-refractivity contribution is 5.18. The molecular weight excluding hydrogens is 222 g/mol. The molecule has 3 heteroatoms. The standard InChI is InChI=1S/C15H27N3/c1-17(2)12-13-18(3)11-7-10-15(16)14-8-5-4-6-9-14/h4-6,8-9,15H,7,10-13,16H2,1-3H3. The van der Waals surface area contributed by atoms with Gasteiger partial charge in [0.1, 0.15) is 0 Å². The van der Waals surface area contributed by atoms with Crippen LogP contribution in [-0.4, -0.2) is 50.6 Å². The van der Waals surface area contributed by atoms with Gasteiger partial charge in [-0.2, -0.15) is 0 Å². The first-order chi connectivity index (χ1) is 8.59. The molecule has 0 saturated heterocycles. The Morgan fingerprint density at radius 1 is 1.00 bits per heavy atom. The van der Waals surface area contributed by atoms with Crippen LogP contribution in [0.4, 0.5) is 0 Å². The average Bonchev–Trinajstić information content (AvgIpc) is 2.37. The molecule has 0 bridgehead atoms. The lowest BCUT2D eigenvalue weighted by atomic mass is 10.0. The third kappa shape index (κ3) is 6.15. The minimum atomic E-state index is 0.174. The van der Waals surface area contributed by atoms with E-state index in [-0.39, 0.29) is 6.04 Å². The number of nitrogens with two attached hydrogens (primary N) is 1. The zero-order valence-electron chi connectivity index (χ0n) is 12.0. The smallest absolute Gasteiger partial charge is 0.0295 e. The van der Waals surface area contributed by atoms with Gasteiger partial charge in [-0.15, -0.1) is 0 Å². The van der Waals surface area contributed by atoms with Gasteiger partial charge >= 0.3 is 0 Å². The van der Waals surface area contributed by atoms with Gasteiger partial charge in [-0.05, 0) is 46.1 Å². The Balaban J connectivity index is 2.17. The SMILES string of the molecule is CN(C)CCN(C)CCCC(N)c1ccccc1. The van der Waals surface area contributed by atoms with E-state index in [2.05, 4.69) is 55.2 Å². The quantitative estimate of drug-likeness (QED) is 0.764. The second kappa shape index (κ2) is 8.25. The molecule has 3 nitrogen and oxygen atoms in total. The van der Waals surface area contributed by atoms with Gasteiger partial charge in [0.2, 0.25) is 0 Å². The Hall–Kier alpha value is -0.900. The molecule has 0 spiro atoms. The fourth-order valence-corrected chi connectivity index (χ4v) is 1.93. The molecule has 1 atom stereocenters. The number of rotatable bonds is 8. The maximum absolute atomic E-state index is 6.18. The van der Waals surface area contributed by atoms with Crippen LogP contribution in [-0.2, 0) is 0 Å². The molecule has 0 fully saturated rings. The van der Waals surface area contributed by atoms with E-state index in [4.69, 9.17) is 5.73 Å². The van der Waals surface area contributed by atoms with E-state index in [1.807, 2.05) is 6.07 Å². The first kappa shape index (κ1) is 15.2. The monoisotopic (exact) mass is 249 g/mol. The topological polar surface area (TPSA) is 32.5 Å². The van der Waals surface area contributed by atoms with Crippen LogP contribution in [0.2, 0.25) is 0 Å². The van der Waals surface area contributed by atoms with Crippen molar-refractivity contribution in [2.24, 2.45) is 5.73 Å². The van der Waals surface area contributed by atoms with Crippen LogP contribution in [0.5, 0.6) is 0 Å². The average molecular weight is 249 g/mol. The highest BCUT2D eigenvalue weighted by Gasteiger charge is 2.06. The van der Waals surface area contributed by atoms with Crippen molar-refractivity contribution in [3.8, 4) is 0 Å². The van der Waals surface area contributed by atoms with E-state index in [9.17, 15) is 0 Å². The molecule has 0 heterocycles. The molecule has 0 radical (unpaired) electrons. The Labute approximate surface area is 112 Å². The van der Waals surface area contributed by atoms with Crippen LogP contribution in [0.3, 0.4) is 0 Å². The van der Waals surface area contributed by atoms with Crippen molar-refractivity contribution in [2.75, 3.05) is 40.8 Å². The summed E-state index contributed by atoms with van der Waals surface area (Å²) in [6.07, 6.45) is 2.20. The molecule has 1 unspecified atom stereocenters. The Morgan fingerprint density at radius 3 is 2.28 bits per heavy atom. The number of nitrogens with zero attached hydrogens (tertiary/aromatic N) is 2. The molecule has 0 aromatic heterocycles. The van der Waals surface area contributed by atoms with Crippen LogP contribution in [0, 0.1) is 0 Å². The van der Waals surface area contributed by atoms with Gasteiger partial charge in [0, 0.05) is 19.1 Å². The first-order valence-electron chi connectivity index (χ1n) is 6.73. The molecule has 0 saturated carbocycles. The maximum Gasteiger partial charge on any atom is 0.0295 e. The molecule has 1 rings (SSSR count). The first-order valence-corrected chi connectivity index (χ1v) is 6.73. The lowest BCUT2D eigenvalue weighted by Crippen LogP contribution is -2.29. The Kier molecular flexibility index (Phi) is 6.94. The molecule has 0 aliphatic rings. The summed E-state index contributed by atoms with van der Waals surface area (Å²) >= 11 is 0. The molecule has 1 aromatic carbocycles. The number of hydrogen-bond acceptors (Lipinski definition) is 3. The summed E-state index contributed by atoms with van der Waals surface area (Å²) in [6.45, 7) is 3.35. The minimum Gasteiger partial charge on any atom is -0.324 e. The molecule has 0 amide bonds. The van der Waals surface area contributed by atoms with Gasteiger partial charge in [-0.25, -0.2) is 0 Å². The third-order valence-electron chi connectivity index (χ3n) is 3.21. The second-order valence-corrected chi connectivity index (χ2v) is 5.27. The van der Waals surface area contributed by atoms with Gasteiger partial charge in [0.05, 0.1) is 0 Å². The fourth-order valence-electron chi connectivity index (χ4n) is 1.93. The van der Waals surface area contributed by atoms with Crippen molar-refractivity contribution in [3.05, 3.63) is 35.9 Å². The summed E-state index contributed by atoms with van der Waals surface area (Å²) in [7, 11) is 6.40. The number of likely N-dealkylation sites (N-methyl/N-ethyl adjacent to an activating group) is 2. The molecule has 102 valence electrons. The zero-order valence-corrected chi connectivity index (χ0v) is 12.0. The highest BCUT2D eigenvalue weighted by Crippen LogP contribution is 2.14. The highest BCUT2D eigenvalue weighted by atomic mass is 15.1. The van der Waals surface area contributed by atoms with Crippen LogP contribution in [0.15, 0.2) is 30.3 Å². The second-order valence-electron chi connectivity index (χ2n) is 5.27. The van der Waals surface area contributed by atoms with Crippen molar-refractivity contribution >= 4 is 0 Å². The molecule has 18 heavy (non-hydrogen) atoms. The Bertz CT molecular complexity index is 311. The van der Waals surface area contributed by atoms with Crippen LogP contribution in [0.25, 0.3) is 0 Å². The van der Waals surface area contributed by atoms with E-state index in [0.29, 0.717) is 0 Å². The maximum atomic E-state index is 6.18. The third-order valence-corrected chi connectivity index (χ3v) is 3.21. The van der Waals surface area contributed by atoms with Crippen molar-refractivity contribution in [1.29, 1.82) is 0 Å². The van der Waals surface area contributed by atoms with Gasteiger partial charge in [-0.3, -0.25) is 0 Å². The van der Waals surface area contributed by atoms with Gasteiger partial charge in [-0.1, -0.05) is 30.3 Å². The largest absolute Gasteiger partial charge is 0.324 e. The molecule has 0 aliphatic heterocycles. The van der Waals surface area contributed by atoms with Crippen molar-refractivity contribution in [1.82, 2.24) is 9.80 Å². The summed E-state index contributed by atoms with van der Waals surface area (Å²) in [4.78, 5) is 4.59. The predicted octanol–water partition coefficient (Wildman–Crippen LogP) is 1.96. The van der Waals surface area contributed by atoms with Gasteiger partial charge in [0.25, 0.3) is 0 Å². The number of hydrogen-bond donors (Lipinski definition) is 1. The summed E-state index contributed by atoms with van der Waals surface area (Å²) in [5.74, 6) is 0. The van der Waals surface area contributed by atoms with E-state index in [1.54, 1.807) is 0 Å². The molecule has 2 N–H and O–H groups in total. The van der Waals surface area contributed by atoms with Crippen LogP contribution >= 0.6 is 0 Å². The number of benzene rings is 1. The van der Waals surface area contributed by atoms with E-state index >= 15 is 0 Å². The lowest BCUT2D eigenvalue weighted by molar-refractivity contribution is 0.275. The van der Waals surface area contributed by atoms with E-state index in [1.165, 1.54) is 5.56 Å².